The molecule has 0 aliphatic heterocycles. The van der Waals surface area contributed by atoms with Gasteiger partial charge in [-0.2, -0.15) is 0 Å². The molecule has 1 heterocycles. The van der Waals surface area contributed by atoms with E-state index in [9.17, 15) is 9.59 Å². The lowest BCUT2D eigenvalue weighted by Gasteiger charge is -2.23. The molecule has 9 heteroatoms. The van der Waals surface area contributed by atoms with Crippen LogP contribution in [0.25, 0.3) is 0 Å². The molecular formula is C20H25N5O3S. The number of carbonyl (C=O) groups excluding carboxylic acids is 2. The summed E-state index contributed by atoms with van der Waals surface area (Å²) in [5, 5.41) is 6.15. The predicted molar refractivity (Wildman–Crippen MR) is 116 cm³/mol. The number of amides is 2. The van der Waals surface area contributed by atoms with Crippen LogP contribution in [0.2, 0.25) is 0 Å². The van der Waals surface area contributed by atoms with Crippen LogP contribution >= 0.6 is 11.9 Å². The Kier molecular flexibility index (Phi) is 6.60. The molecule has 154 valence electrons. The average molecular weight is 416 g/mol. The first-order chi connectivity index (χ1) is 13.9. The molecule has 0 radical (unpaired) electrons. The molecule has 8 nitrogen and oxygen atoms in total. The third kappa shape index (κ3) is 4.99. The zero-order chi connectivity index (χ0) is 21.0. The second kappa shape index (κ2) is 9.15. The molecule has 2 amide bonds. The molecule has 1 aromatic carbocycles. The van der Waals surface area contributed by atoms with Gasteiger partial charge in [0.05, 0.1) is 29.7 Å². The van der Waals surface area contributed by atoms with Gasteiger partial charge in [0.15, 0.2) is 0 Å². The van der Waals surface area contributed by atoms with Crippen LogP contribution < -0.4 is 20.4 Å². The van der Waals surface area contributed by atoms with Crippen molar-refractivity contribution in [2.45, 2.75) is 19.8 Å². The van der Waals surface area contributed by atoms with Gasteiger partial charge >= 0.3 is 0 Å². The molecule has 0 unspecified atom stereocenters. The largest absolute Gasteiger partial charge is 0.353 e. The molecule has 1 aliphatic rings. The summed E-state index contributed by atoms with van der Waals surface area (Å²) in [5.41, 5.74) is 6.05. The average Bonchev–Trinajstić information content (AvgIpc) is 3.53. The Morgan fingerprint density at radius 3 is 2.69 bits per heavy atom. The highest BCUT2D eigenvalue weighted by Crippen LogP contribution is 2.35. The summed E-state index contributed by atoms with van der Waals surface area (Å²) in [6, 6.07) is 7.58. The molecule has 3 N–H and O–H groups in total. The Labute approximate surface area is 174 Å². The number of hydroxylamine groups is 1. The van der Waals surface area contributed by atoms with Crippen molar-refractivity contribution in [2.24, 2.45) is 5.92 Å². The van der Waals surface area contributed by atoms with Gasteiger partial charge in [0.25, 0.3) is 5.91 Å². The summed E-state index contributed by atoms with van der Waals surface area (Å²) >= 11 is 1.58. The van der Waals surface area contributed by atoms with Crippen molar-refractivity contribution < 1.29 is 14.4 Å². The topological polar surface area (TPSA) is 95.6 Å². The maximum Gasteiger partial charge on any atom is 0.278 e. The fraction of sp³-hybridized carbons (Fsp3) is 0.350. The molecule has 1 fully saturated rings. The van der Waals surface area contributed by atoms with E-state index in [0.717, 1.165) is 29.8 Å². The molecule has 3 rings (SSSR count). The van der Waals surface area contributed by atoms with E-state index in [0.29, 0.717) is 17.1 Å². The maximum absolute atomic E-state index is 12.4. The molecule has 0 atom stereocenters. The van der Waals surface area contributed by atoms with Crippen LogP contribution in [-0.2, 0) is 9.63 Å². The SMILES string of the molecule is CONC(=O)c1cnc(NC(=O)C2CC2)cc1Nc1cccc(C)c1N(C)SC. The lowest BCUT2D eigenvalue weighted by Crippen LogP contribution is -2.23. The molecule has 0 bridgehead atoms. The highest BCUT2D eigenvalue weighted by molar-refractivity contribution is 7.99. The molecule has 1 aliphatic carbocycles. The number of para-hydroxylation sites is 1. The first kappa shape index (κ1) is 20.9. The lowest BCUT2D eigenvalue weighted by atomic mass is 10.1. The summed E-state index contributed by atoms with van der Waals surface area (Å²) in [5.74, 6) is -0.0278. The number of benzene rings is 1. The van der Waals surface area contributed by atoms with Crippen LogP contribution in [0.15, 0.2) is 30.5 Å². The first-order valence-electron chi connectivity index (χ1n) is 9.23. The van der Waals surface area contributed by atoms with E-state index in [1.807, 2.05) is 42.7 Å². The number of hydrogen-bond acceptors (Lipinski definition) is 7. The summed E-state index contributed by atoms with van der Waals surface area (Å²) in [7, 11) is 3.35. The number of aryl methyl sites for hydroxylation is 1. The molecule has 1 aromatic heterocycles. The Morgan fingerprint density at radius 2 is 2.03 bits per heavy atom. The van der Waals surface area contributed by atoms with Crippen molar-refractivity contribution >= 4 is 46.6 Å². The Hall–Kier alpha value is -2.78. The molecule has 2 aromatic rings. The van der Waals surface area contributed by atoms with Crippen LogP contribution in [0.4, 0.5) is 22.9 Å². The molecule has 0 saturated heterocycles. The smallest absolute Gasteiger partial charge is 0.278 e. The van der Waals surface area contributed by atoms with Crippen LogP contribution in [0.3, 0.4) is 0 Å². The quantitative estimate of drug-likeness (QED) is 0.449. The van der Waals surface area contributed by atoms with E-state index < -0.39 is 5.91 Å². The summed E-state index contributed by atoms with van der Waals surface area (Å²) in [6.45, 7) is 2.03. The van der Waals surface area contributed by atoms with E-state index in [1.165, 1.54) is 13.3 Å². The first-order valence-corrected chi connectivity index (χ1v) is 10.4. The van der Waals surface area contributed by atoms with Gasteiger partial charge in [0.1, 0.15) is 5.82 Å². The molecule has 29 heavy (non-hydrogen) atoms. The fourth-order valence-corrected chi connectivity index (χ4v) is 3.37. The summed E-state index contributed by atoms with van der Waals surface area (Å²) < 4.78 is 2.05. The summed E-state index contributed by atoms with van der Waals surface area (Å²) in [4.78, 5) is 33.5. The predicted octanol–water partition coefficient (Wildman–Crippen LogP) is 3.49. The van der Waals surface area contributed by atoms with Crippen LogP contribution in [-0.4, -0.2) is 37.2 Å². The maximum atomic E-state index is 12.4. The van der Waals surface area contributed by atoms with Crippen LogP contribution in [0.5, 0.6) is 0 Å². The number of hydrogen-bond donors (Lipinski definition) is 3. The van der Waals surface area contributed by atoms with Gasteiger partial charge in [-0.3, -0.25) is 14.4 Å². The Morgan fingerprint density at radius 1 is 1.28 bits per heavy atom. The van der Waals surface area contributed by atoms with Crippen molar-refractivity contribution in [3.63, 3.8) is 0 Å². The lowest BCUT2D eigenvalue weighted by molar-refractivity contribution is -0.117. The van der Waals surface area contributed by atoms with Crippen LogP contribution in [0.1, 0.15) is 28.8 Å². The van der Waals surface area contributed by atoms with E-state index in [4.69, 9.17) is 4.84 Å². The number of anilines is 4. The minimum atomic E-state index is -0.435. The minimum Gasteiger partial charge on any atom is -0.353 e. The standard InChI is InChI=1S/C20H25N5O3S/c1-12-6-5-7-15(18(12)25(2)29-4)22-16-10-17(23-19(26)13-8-9-13)21-11-14(16)20(27)24-28-3/h5-7,10-11,13H,8-9H2,1-4H3,(H,24,27)(H2,21,22,23,26). The van der Waals surface area contributed by atoms with Gasteiger partial charge in [-0.25, -0.2) is 10.5 Å². The highest BCUT2D eigenvalue weighted by Gasteiger charge is 2.30. The number of rotatable bonds is 8. The van der Waals surface area contributed by atoms with Crippen molar-refractivity contribution in [1.82, 2.24) is 10.5 Å². The van der Waals surface area contributed by atoms with E-state index in [1.54, 1.807) is 18.0 Å². The summed E-state index contributed by atoms with van der Waals surface area (Å²) in [6.07, 6.45) is 5.22. The van der Waals surface area contributed by atoms with Crippen molar-refractivity contribution in [2.75, 3.05) is 35.4 Å². The molecule has 1 saturated carbocycles. The minimum absolute atomic E-state index is 0.0455. The zero-order valence-corrected chi connectivity index (χ0v) is 17.7. The van der Waals surface area contributed by atoms with E-state index in [2.05, 4.69) is 21.1 Å². The van der Waals surface area contributed by atoms with Gasteiger partial charge in [0, 0.05) is 31.5 Å². The third-order valence-electron chi connectivity index (χ3n) is 4.64. The fourth-order valence-electron chi connectivity index (χ4n) is 2.94. The van der Waals surface area contributed by atoms with Crippen molar-refractivity contribution in [1.29, 1.82) is 0 Å². The van der Waals surface area contributed by atoms with Gasteiger partial charge in [-0.1, -0.05) is 24.1 Å². The number of nitrogens with zero attached hydrogens (tertiary/aromatic N) is 2. The van der Waals surface area contributed by atoms with Gasteiger partial charge in [-0.05, 0) is 31.4 Å². The monoisotopic (exact) mass is 415 g/mol. The second-order valence-electron chi connectivity index (χ2n) is 6.79. The molecular weight excluding hydrogens is 390 g/mol. The molecule has 0 spiro atoms. The van der Waals surface area contributed by atoms with Gasteiger partial charge in [0.2, 0.25) is 5.91 Å². The van der Waals surface area contributed by atoms with Gasteiger partial charge < -0.3 is 14.9 Å². The normalized spacial score (nSPS) is 13.0. The number of pyridine rings is 1. The third-order valence-corrected chi connectivity index (χ3v) is 5.37. The highest BCUT2D eigenvalue weighted by atomic mass is 32.2. The van der Waals surface area contributed by atoms with E-state index in [-0.39, 0.29) is 11.8 Å². The van der Waals surface area contributed by atoms with Crippen LogP contribution in [0, 0.1) is 12.8 Å². The van der Waals surface area contributed by atoms with Crippen molar-refractivity contribution in [3.05, 3.63) is 41.6 Å². The van der Waals surface area contributed by atoms with E-state index >= 15 is 0 Å². The number of carbonyl (C=O) groups is 2. The Bertz CT molecular complexity index is 917. The second-order valence-corrected chi connectivity index (χ2v) is 7.70. The number of nitrogens with one attached hydrogen (secondary N) is 3. The number of aromatic nitrogens is 1. The zero-order valence-electron chi connectivity index (χ0n) is 16.9. The van der Waals surface area contributed by atoms with Gasteiger partial charge in [-0.15, -0.1) is 0 Å². The van der Waals surface area contributed by atoms with Crippen molar-refractivity contribution in [3.8, 4) is 0 Å². The Balaban J connectivity index is 1.98.